The molecule has 88 valence electrons. The van der Waals surface area contributed by atoms with E-state index in [0.717, 1.165) is 23.1 Å². The van der Waals surface area contributed by atoms with Crippen LogP contribution in [0, 0.1) is 6.92 Å². The first-order chi connectivity index (χ1) is 7.65. The molecule has 0 saturated carbocycles. The maximum Gasteiger partial charge on any atom is 0.219 e. The van der Waals surface area contributed by atoms with Gasteiger partial charge in [-0.2, -0.15) is 0 Å². The lowest BCUT2D eigenvalue weighted by Gasteiger charge is -2.10. The van der Waals surface area contributed by atoms with E-state index < -0.39 is 0 Å². The predicted molar refractivity (Wildman–Crippen MR) is 70.7 cm³/mol. The molecule has 0 saturated heterocycles. The van der Waals surface area contributed by atoms with Gasteiger partial charge in [0, 0.05) is 30.2 Å². The van der Waals surface area contributed by atoms with E-state index >= 15 is 0 Å². The van der Waals surface area contributed by atoms with Crippen molar-refractivity contribution in [2.45, 2.75) is 19.8 Å². The number of hydrogen-bond donors (Lipinski definition) is 2. The summed E-state index contributed by atoms with van der Waals surface area (Å²) in [7, 11) is 1.66. The van der Waals surface area contributed by atoms with Crippen LogP contribution in [0.1, 0.15) is 18.4 Å². The Labute approximate surface area is 105 Å². The molecule has 0 aromatic heterocycles. The molecule has 0 fully saturated rings. The average molecular weight is 285 g/mol. The second-order valence-electron chi connectivity index (χ2n) is 3.62. The molecule has 3 nitrogen and oxygen atoms in total. The third-order valence-electron chi connectivity index (χ3n) is 2.44. The van der Waals surface area contributed by atoms with Crippen LogP contribution in [0.3, 0.4) is 0 Å². The van der Waals surface area contributed by atoms with E-state index in [1.165, 1.54) is 5.56 Å². The highest BCUT2D eigenvalue weighted by Crippen LogP contribution is 2.23. The van der Waals surface area contributed by atoms with Crippen LogP contribution in [-0.4, -0.2) is 19.5 Å². The van der Waals surface area contributed by atoms with Gasteiger partial charge in [0.1, 0.15) is 0 Å². The number of amides is 1. The maximum atomic E-state index is 11.0. The van der Waals surface area contributed by atoms with Gasteiger partial charge in [-0.25, -0.2) is 0 Å². The summed E-state index contributed by atoms with van der Waals surface area (Å²) in [6.07, 6.45) is 1.40. The van der Waals surface area contributed by atoms with Crippen LogP contribution in [-0.2, 0) is 4.79 Å². The summed E-state index contributed by atoms with van der Waals surface area (Å²) >= 11 is 3.49. The minimum atomic E-state index is 0.0905. The Kier molecular flexibility index (Phi) is 5.32. The van der Waals surface area contributed by atoms with Crippen molar-refractivity contribution in [3.05, 3.63) is 28.2 Å². The second-order valence-corrected chi connectivity index (χ2v) is 4.47. The van der Waals surface area contributed by atoms with Crippen molar-refractivity contribution in [1.82, 2.24) is 5.32 Å². The quantitative estimate of drug-likeness (QED) is 0.817. The maximum absolute atomic E-state index is 11.0. The third-order valence-corrected chi connectivity index (χ3v) is 3.30. The normalized spacial score (nSPS) is 9.94. The van der Waals surface area contributed by atoms with Gasteiger partial charge in [0.05, 0.1) is 0 Å². The molecule has 0 radical (unpaired) electrons. The van der Waals surface area contributed by atoms with Gasteiger partial charge < -0.3 is 10.6 Å². The SMILES string of the molecule is CNC(=O)CCCNc1cccc(Br)c1C. The van der Waals surface area contributed by atoms with Crippen LogP contribution < -0.4 is 10.6 Å². The van der Waals surface area contributed by atoms with Gasteiger partial charge in [-0.05, 0) is 31.0 Å². The van der Waals surface area contributed by atoms with Crippen LogP contribution in [0.4, 0.5) is 5.69 Å². The van der Waals surface area contributed by atoms with Crippen LogP contribution in [0.2, 0.25) is 0 Å². The first-order valence-corrected chi connectivity index (χ1v) is 6.14. The van der Waals surface area contributed by atoms with E-state index in [4.69, 9.17) is 0 Å². The van der Waals surface area contributed by atoms with Gasteiger partial charge in [0.15, 0.2) is 0 Å². The standard InChI is InChI=1S/C12H17BrN2O/c1-9-10(13)5-3-6-11(9)15-8-4-7-12(16)14-2/h3,5-6,15H,4,7-8H2,1-2H3,(H,14,16). The van der Waals surface area contributed by atoms with Gasteiger partial charge in [0.2, 0.25) is 5.91 Å². The predicted octanol–water partition coefficient (Wildman–Crippen LogP) is 2.70. The first-order valence-electron chi connectivity index (χ1n) is 5.34. The van der Waals surface area contributed by atoms with E-state index in [9.17, 15) is 4.79 Å². The van der Waals surface area contributed by atoms with Crippen molar-refractivity contribution >= 4 is 27.5 Å². The molecule has 0 aliphatic rings. The monoisotopic (exact) mass is 284 g/mol. The van der Waals surface area contributed by atoms with Gasteiger partial charge in [-0.15, -0.1) is 0 Å². The molecule has 0 atom stereocenters. The van der Waals surface area contributed by atoms with Crippen LogP contribution in [0.15, 0.2) is 22.7 Å². The number of benzene rings is 1. The zero-order chi connectivity index (χ0) is 12.0. The number of carbonyl (C=O) groups excluding carboxylic acids is 1. The molecule has 0 bridgehead atoms. The minimum absolute atomic E-state index is 0.0905. The van der Waals surface area contributed by atoms with Crippen LogP contribution in [0.5, 0.6) is 0 Å². The summed E-state index contributed by atoms with van der Waals surface area (Å²) in [5.74, 6) is 0.0905. The molecule has 0 aliphatic carbocycles. The van der Waals surface area contributed by atoms with E-state index in [-0.39, 0.29) is 5.91 Å². The lowest BCUT2D eigenvalue weighted by atomic mass is 10.2. The Morgan fingerprint density at radius 3 is 2.88 bits per heavy atom. The smallest absolute Gasteiger partial charge is 0.219 e. The second kappa shape index (κ2) is 6.53. The number of halogens is 1. The lowest BCUT2D eigenvalue weighted by molar-refractivity contribution is -0.120. The van der Waals surface area contributed by atoms with Gasteiger partial charge >= 0.3 is 0 Å². The Balaban J connectivity index is 2.38. The Hall–Kier alpha value is -1.03. The summed E-state index contributed by atoms with van der Waals surface area (Å²) < 4.78 is 1.10. The average Bonchev–Trinajstić information content (AvgIpc) is 2.29. The number of rotatable bonds is 5. The van der Waals surface area contributed by atoms with Gasteiger partial charge in [-0.1, -0.05) is 22.0 Å². The molecule has 0 aliphatic heterocycles. The molecule has 0 heterocycles. The third kappa shape index (κ3) is 3.85. The highest BCUT2D eigenvalue weighted by molar-refractivity contribution is 9.10. The Morgan fingerprint density at radius 2 is 2.19 bits per heavy atom. The molecule has 1 aromatic carbocycles. The molecule has 0 spiro atoms. The fourth-order valence-corrected chi connectivity index (χ4v) is 1.76. The van der Waals surface area contributed by atoms with Crippen molar-refractivity contribution in [3.63, 3.8) is 0 Å². The van der Waals surface area contributed by atoms with Crippen LogP contribution in [0.25, 0.3) is 0 Å². The number of carbonyl (C=O) groups is 1. The summed E-state index contributed by atoms with van der Waals surface area (Å²) in [6, 6.07) is 6.06. The van der Waals surface area contributed by atoms with E-state index in [2.05, 4.69) is 33.5 Å². The number of nitrogens with one attached hydrogen (secondary N) is 2. The van der Waals surface area contributed by atoms with Crippen molar-refractivity contribution < 1.29 is 4.79 Å². The molecule has 2 N–H and O–H groups in total. The topological polar surface area (TPSA) is 41.1 Å². The van der Waals surface area contributed by atoms with Crippen molar-refractivity contribution in [2.75, 3.05) is 18.9 Å². The molecule has 16 heavy (non-hydrogen) atoms. The van der Waals surface area contributed by atoms with Crippen molar-refractivity contribution in [3.8, 4) is 0 Å². The zero-order valence-electron chi connectivity index (χ0n) is 9.64. The largest absolute Gasteiger partial charge is 0.385 e. The molecular formula is C12H17BrN2O. The molecule has 1 rings (SSSR count). The number of anilines is 1. The fourth-order valence-electron chi connectivity index (χ4n) is 1.40. The molecular weight excluding hydrogens is 268 g/mol. The summed E-state index contributed by atoms with van der Waals surface area (Å²) in [5.41, 5.74) is 2.31. The number of hydrogen-bond acceptors (Lipinski definition) is 2. The summed E-state index contributed by atoms with van der Waals surface area (Å²) in [6.45, 7) is 2.87. The van der Waals surface area contributed by atoms with Crippen molar-refractivity contribution in [1.29, 1.82) is 0 Å². The van der Waals surface area contributed by atoms with Crippen LogP contribution >= 0.6 is 15.9 Å². The molecule has 1 aromatic rings. The molecule has 0 unspecified atom stereocenters. The molecule has 4 heteroatoms. The Bertz CT molecular complexity index is 366. The van der Waals surface area contributed by atoms with Gasteiger partial charge in [-0.3, -0.25) is 4.79 Å². The summed E-state index contributed by atoms with van der Waals surface area (Å²) in [4.78, 5) is 11.0. The fraction of sp³-hybridized carbons (Fsp3) is 0.417. The Morgan fingerprint density at radius 1 is 1.44 bits per heavy atom. The molecule has 1 amide bonds. The van der Waals surface area contributed by atoms with Gasteiger partial charge in [0.25, 0.3) is 0 Å². The zero-order valence-corrected chi connectivity index (χ0v) is 11.2. The van der Waals surface area contributed by atoms with Crippen molar-refractivity contribution in [2.24, 2.45) is 0 Å². The lowest BCUT2D eigenvalue weighted by Crippen LogP contribution is -2.18. The summed E-state index contributed by atoms with van der Waals surface area (Å²) in [5, 5.41) is 5.93. The highest BCUT2D eigenvalue weighted by Gasteiger charge is 2.01. The highest BCUT2D eigenvalue weighted by atomic mass is 79.9. The van der Waals surface area contributed by atoms with E-state index in [1.54, 1.807) is 7.05 Å². The van der Waals surface area contributed by atoms with E-state index in [0.29, 0.717) is 6.42 Å². The van der Waals surface area contributed by atoms with E-state index in [1.807, 2.05) is 18.2 Å². The first kappa shape index (κ1) is 13.0. The minimum Gasteiger partial charge on any atom is -0.385 e.